The van der Waals surface area contributed by atoms with E-state index >= 15 is 0 Å². The number of benzene rings is 2. The van der Waals surface area contributed by atoms with E-state index in [2.05, 4.69) is 0 Å². The predicted molar refractivity (Wildman–Crippen MR) is 80.4 cm³/mol. The normalized spacial score (nSPS) is 16.0. The third-order valence-corrected chi connectivity index (χ3v) is 4.12. The molecular weight excluding hydrogens is 337 g/mol. The summed E-state index contributed by atoms with van der Waals surface area (Å²) in [5.74, 6) is -2.56. The molecule has 0 bridgehead atoms. The fourth-order valence-electron chi connectivity index (χ4n) is 2.77. The molecule has 0 spiro atoms. The molecule has 2 aromatic carbocycles. The van der Waals surface area contributed by atoms with E-state index in [1.165, 1.54) is 24.3 Å². The summed E-state index contributed by atoms with van der Waals surface area (Å²) in [5, 5.41) is 10.5. The van der Waals surface area contributed by atoms with Gasteiger partial charge in [-0.3, -0.25) is 14.4 Å². The summed E-state index contributed by atoms with van der Waals surface area (Å²) in [6.07, 6.45) is -5.37. The molecule has 7 heteroatoms. The van der Waals surface area contributed by atoms with Gasteiger partial charge < -0.3 is 5.11 Å². The standard InChI is InChI=1S/C18H11F3O4/c19-18(20,21)11-7-5-10(6-8-11)14(22)9-17(25)15(23)12-3-1-2-4-13(12)16(17)24/h1-8,25H,9H2. The van der Waals surface area contributed by atoms with E-state index in [9.17, 15) is 32.7 Å². The van der Waals surface area contributed by atoms with Crippen LogP contribution < -0.4 is 0 Å². The molecule has 1 N–H and O–H groups in total. The van der Waals surface area contributed by atoms with Crippen molar-refractivity contribution in [3.05, 3.63) is 70.8 Å². The lowest BCUT2D eigenvalue weighted by atomic mass is 9.89. The lowest BCUT2D eigenvalue weighted by Crippen LogP contribution is -2.43. The zero-order valence-corrected chi connectivity index (χ0v) is 12.6. The van der Waals surface area contributed by atoms with Crippen LogP contribution in [0.4, 0.5) is 13.2 Å². The number of Topliss-reactive ketones (excluding diaryl/α,β-unsaturated/α-hetero) is 3. The van der Waals surface area contributed by atoms with Gasteiger partial charge in [0.05, 0.1) is 12.0 Å². The van der Waals surface area contributed by atoms with Crippen LogP contribution >= 0.6 is 0 Å². The number of hydrogen-bond donors (Lipinski definition) is 1. The Hall–Kier alpha value is -2.80. The van der Waals surface area contributed by atoms with Gasteiger partial charge >= 0.3 is 6.18 Å². The predicted octanol–water partition coefficient (Wildman–Crippen LogP) is 3.09. The summed E-state index contributed by atoms with van der Waals surface area (Å²) < 4.78 is 37.6. The van der Waals surface area contributed by atoms with Crippen molar-refractivity contribution < 1.29 is 32.7 Å². The van der Waals surface area contributed by atoms with Crippen molar-refractivity contribution in [1.29, 1.82) is 0 Å². The van der Waals surface area contributed by atoms with E-state index in [1.807, 2.05) is 0 Å². The smallest absolute Gasteiger partial charge is 0.374 e. The van der Waals surface area contributed by atoms with Crippen LogP contribution in [0.5, 0.6) is 0 Å². The number of carbonyl (C=O) groups excluding carboxylic acids is 3. The van der Waals surface area contributed by atoms with E-state index in [0.717, 1.165) is 24.3 Å². The number of alkyl halides is 3. The highest BCUT2D eigenvalue weighted by Crippen LogP contribution is 2.34. The van der Waals surface area contributed by atoms with Gasteiger partial charge in [-0.1, -0.05) is 36.4 Å². The molecule has 0 radical (unpaired) electrons. The van der Waals surface area contributed by atoms with E-state index in [4.69, 9.17) is 0 Å². The van der Waals surface area contributed by atoms with Gasteiger partial charge in [-0.2, -0.15) is 13.2 Å². The molecule has 0 saturated carbocycles. The molecule has 0 heterocycles. The molecule has 0 amide bonds. The maximum atomic E-state index is 12.5. The number of halogens is 3. The number of fused-ring (bicyclic) bond motifs is 1. The monoisotopic (exact) mass is 348 g/mol. The molecule has 2 aromatic rings. The van der Waals surface area contributed by atoms with Crippen molar-refractivity contribution >= 4 is 17.3 Å². The Kier molecular flexibility index (Phi) is 3.84. The second-order valence-electron chi connectivity index (χ2n) is 5.74. The van der Waals surface area contributed by atoms with Crippen molar-refractivity contribution in [3.63, 3.8) is 0 Å². The van der Waals surface area contributed by atoms with Crippen LogP contribution in [0.1, 0.15) is 43.1 Å². The fourth-order valence-corrected chi connectivity index (χ4v) is 2.77. The minimum absolute atomic E-state index is 0.0234. The quantitative estimate of drug-likeness (QED) is 0.683. The summed E-state index contributed by atoms with van der Waals surface area (Å²) in [6, 6.07) is 9.14. The Labute approximate surface area is 139 Å². The third kappa shape index (κ3) is 2.76. The van der Waals surface area contributed by atoms with Crippen LogP contribution in [-0.4, -0.2) is 28.1 Å². The highest BCUT2D eigenvalue weighted by molar-refractivity contribution is 6.33. The molecule has 0 atom stereocenters. The van der Waals surface area contributed by atoms with Crippen molar-refractivity contribution in [2.24, 2.45) is 0 Å². The summed E-state index contributed by atoms with van der Waals surface area (Å²) in [6.45, 7) is 0. The fraction of sp³-hybridized carbons (Fsp3) is 0.167. The first-order chi connectivity index (χ1) is 11.6. The Morgan fingerprint density at radius 1 is 0.920 bits per heavy atom. The molecule has 0 saturated heterocycles. The summed E-state index contributed by atoms with van der Waals surface area (Å²) >= 11 is 0. The first-order valence-electron chi connectivity index (χ1n) is 7.26. The van der Waals surface area contributed by atoms with Gasteiger partial charge in [0.15, 0.2) is 11.4 Å². The van der Waals surface area contributed by atoms with Gasteiger partial charge in [-0.25, -0.2) is 0 Å². The minimum atomic E-state index is -4.54. The molecular formula is C18H11F3O4. The zero-order valence-electron chi connectivity index (χ0n) is 12.6. The van der Waals surface area contributed by atoms with Gasteiger partial charge in [0, 0.05) is 16.7 Å². The van der Waals surface area contributed by atoms with Crippen LogP contribution in [0.25, 0.3) is 0 Å². The first kappa shape index (κ1) is 17.0. The SMILES string of the molecule is O=C(CC1(O)C(=O)c2ccccc2C1=O)c1ccc(C(F)(F)F)cc1. The largest absolute Gasteiger partial charge is 0.416 e. The Morgan fingerprint density at radius 2 is 1.40 bits per heavy atom. The number of hydrogen-bond acceptors (Lipinski definition) is 4. The number of rotatable bonds is 3. The molecule has 0 aliphatic heterocycles. The molecule has 0 unspecified atom stereocenters. The summed E-state index contributed by atoms with van der Waals surface area (Å²) in [7, 11) is 0. The molecule has 3 rings (SSSR count). The summed E-state index contributed by atoms with van der Waals surface area (Å²) in [4.78, 5) is 36.9. The summed E-state index contributed by atoms with van der Waals surface area (Å²) in [5.41, 5.74) is -3.53. The molecule has 4 nitrogen and oxygen atoms in total. The van der Waals surface area contributed by atoms with Crippen LogP contribution in [0, 0.1) is 0 Å². The van der Waals surface area contributed by atoms with Crippen LogP contribution in [0.3, 0.4) is 0 Å². The molecule has 0 aromatic heterocycles. The van der Waals surface area contributed by atoms with Gasteiger partial charge in [-0.05, 0) is 12.1 Å². The highest BCUT2D eigenvalue weighted by Gasteiger charge is 2.52. The van der Waals surface area contributed by atoms with Crippen molar-refractivity contribution in [2.45, 2.75) is 18.2 Å². The maximum absolute atomic E-state index is 12.5. The van der Waals surface area contributed by atoms with E-state index in [-0.39, 0.29) is 16.7 Å². The van der Waals surface area contributed by atoms with Gasteiger partial charge in [0.25, 0.3) is 0 Å². The van der Waals surface area contributed by atoms with Crippen molar-refractivity contribution in [3.8, 4) is 0 Å². The van der Waals surface area contributed by atoms with Gasteiger partial charge in [0.2, 0.25) is 11.6 Å². The number of aliphatic hydroxyl groups is 1. The molecule has 25 heavy (non-hydrogen) atoms. The average Bonchev–Trinajstić information content (AvgIpc) is 2.76. The Morgan fingerprint density at radius 3 is 1.84 bits per heavy atom. The van der Waals surface area contributed by atoms with E-state index in [0.29, 0.717) is 0 Å². The average molecular weight is 348 g/mol. The van der Waals surface area contributed by atoms with Crippen LogP contribution in [0.2, 0.25) is 0 Å². The topological polar surface area (TPSA) is 71.4 Å². The second kappa shape index (κ2) is 5.63. The lowest BCUT2D eigenvalue weighted by molar-refractivity contribution is -0.137. The Bertz CT molecular complexity index is 847. The van der Waals surface area contributed by atoms with Crippen molar-refractivity contribution in [1.82, 2.24) is 0 Å². The van der Waals surface area contributed by atoms with Gasteiger partial charge in [-0.15, -0.1) is 0 Å². The number of ketones is 3. The number of carbonyl (C=O) groups is 3. The zero-order chi connectivity index (χ0) is 18.4. The maximum Gasteiger partial charge on any atom is 0.416 e. The van der Waals surface area contributed by atoms with Crippen LogP contribution in [-0.2, 0) is 6.18 Å². The molecule has 1 aliphatic carbocycles. The molecule has 128 valence electrons. The second-order valence-corrected chi connectivity index (χ2v) is 5.74. The molecule has 1 aliphatic rings. The minimum Gasteiger partial charge on any atom is -0.374 e. The third-order valence-electron chi connectivity index (χ3n) is 4.12. The van der Waals surface area contributed by atoms with E-state index in [1.54, 1.807) is 0 Å². The van der Waals surface area contributed by atoms with Gasteiger partial charge in [0.1, 0.15) is 0 Å². The molecule has 0 fully saturated rings. The van der Waals surface area contributed by atoms with E-state index < -0.39 is 41.1 Å². The lowest BCUT2D eigenvalue weighted by Gasteiger charge is -2.18. The first-order valence-corrected chi connectivity index (χ1v) is 7.26. The Balaban J connectivity index is 1.86. The van der Waals surface area contributed by atoms with Crippen LogP contribution in [0.15, 0.2) is 48.5 Å². The van der Waals surface area contributed by atoms with Crippen molar-refractivity contribution in [2.75, 3.05) is 0 Å². The highest BCUT2D eigenvalue weighted by atomic mass is 19.4.